The summed E-state index contributed by atoms with van der Waals surface area (Å²) < 4.78 is -3.35. The lowest BCUT2D eigenvalue weighted by molar-refractivity contribution is 0.911. The number of allylic oxidation sites excluding steroid dienone is 8. The van der Waals surface area contributed by atoms with Crippen LogP contribution in [0.15, 0.2) is 71.3 Å². The van der Waals surface area contributed by atoms with Gasteiger partial charge in [-0.1, -0.05) is 84.3 Å². The second kappa shape index (κ2) is 11.3. The summed E-state index contributed by atoms with van der Waals surface area (Å²) in [6.45, 7) is 0. The van der Waals surface area contributed by atoms with Crippen molar-refractivity contribution in [3.05, 3.63) is 95.3 Å². The molecule has 0 N–H and O–H groups in total. The lowest BCUT2D eigenvalue weighted by Crippen LogP contribution is -1.92. The molecule has 0 amide bonds. The smallest absolute Gasteiger partial charge is 0.0850 e. The monoisotopic (exact) mass is 542 g/mol. The molecule has 1 aliphatic heterocycles. The minimum atomic E-state index is -1.68. The zero-order valence-corrected chi connectivity index (χ0v) is 23.2. The van der Waals surface area contributed by atoms with Gasteiger partial charge in [0.15, 0.2) is 0 Å². The maximum atomic E-state index is 6.30. The second-order valence-electron chi connectivity index (χ2n) is 6.97. The number of fused-ring (bicyclic) bond motifs is 1. The summed E-state index contributed by atoms with van der Waals surface area (Å²) in [7, 11) is 0. The molecule has 8 heteroatoms. The van der Waals surface area contributed by atoms with Crippen molar-refractivity contribution in [3.8, 4) is 0 Å². The van der Waals surface area contributed by atoms with Crippen LogP contribution in [0.4, 0.5) is 0 Å². The van der Waals surface area contributed by atoms with Gasteiger partial charge in [0.05, 0.1) is 8.88 Å². The Hall–Kier alpha value is 0.880. The minimum absolute atomic E-state index is 0.985. The quantitative estimate of drug-likeness (QED) is 0.339. The van der Waals surface area contributed by atoms with Crippen LogP contribution in [0.1, 0.15) is 24.0 Å². The van der Waals surface area contributed by atoms with Crippen molar-refractivity contribution in [2.24, 2.45) is 0 Å². The predicted molar refractivity (Wildman–Crippen MR) is 155 cm³/mol. The van der Waals surface area contributed by atoms with E-state index in [1.165, 1.54) is 34.6 Å². The van der Waals surface area contributed by atoms with Crippen LogP contribution in [-0.2, 0) is 35.1 Å². The van der Waals surface area contributed by atoms with Crippen molar-refractivity contribution in [1.29, 1.82) is 0 Å². The second-order valence-corrected chi connectivity index (χ2v) is 29.5. The number of hydrogen-bond donors (Lipinski definition) is 0. The maximum absolute atomic E-state index is 6.30. The Bertz CT molecular complexity index is 912. The molecule has 0 spiro atoms. The average molecular weight is 543 g/mol. The molecule has 0 bridgehead atoms. The van der Waals surface area contributed by atoms with E-state index in [1.807, 2.05) is 45.5 Å². The Kier molecular flexibility index (Phi) is 9.08. The van der Waals surface area contributed by atoms with Crippen LogP contribution in [0.25, 0.3) is 0 Å². The Morgan fingerprint density at radius 3 is 1.53 bits per heavy atom. The Morgan fingerprint density at radius 1 is 0.667 bits per heavy atom. The van der Waals surface area contributed by atoms with Gasteiger partial charge in [-0.3, -0.25) is 0 Å². The molecule has 30 heavy (non-hydrogen) atoms. The first kappa shape index (κ1) is 24.0. The van der Waals surface area contributed by atoms with E-state index in [0.29, 0.717) is 0 Å². The molecule has 1 aromatic rings. The molecule has 2 atom stereocenters. The van der Waals surface area contributed by atoms with Crippen LogP contribution in [0, 0.1) is 12.8 Å². The topological polar surface area (TPSA) is 0 Å². The molecule has 0 saturated heterocycles. The van der Waals surface area contributed by atoms with Crippen LogP contribution < -0.4 is 0 Å². The highest BCUT2D eigenvalue weighted by atomic mass is 33.2. The fourth-order valence-electron chi connectivity index (χ4n) is 3.19. The third kappa shape index (κ3) is 6.06. The zero-order valence-electron chi connectivity index (χ0n) is 16.5. The molecule has 0 aromatic heterocycles. The van der Waals surface area contributed by atoms with Crippen LogP contribution in [-0.4, -0.2) is 11.5 Å². The molecule has 0 nitrogen and oxygen atoms in total. The third-order valence-electron chi connectivity index (χ3n) is 4.88. The van der Waals surface area contributed by atoms with Gasteiger partial charge in [-0.2, -0.15) is 0 Å². The van der Waals surface area contributed by atoms with Gasteiger partial charge in [-0.05, 0) is 35.5 Å². The average Bonchev–Trinajstić information content (AvgIpc) is 3.48. The van der Waals surface area contributed by atoms with Gasteiger partial charge in [0, 0.05) is 35.0 Å². The molecule has 0 saturated carbocycles. The van der Waals surface area contributed by atoms with E-state index in [2.05, 4.69) is 73.6 Å². The Morgan fingerprint density at radius 2 is 1.13 bits per heavy atom. The van der Waals surface area contributed by atoms with E-state index < -0.39 is 8.88 Å². The summed E-state index contributed by atoms with van der Waals surface area (Å²) in [5.41, 5.74) is 2.84. The van der Waals surface area contributed by atoms with Gasteiger partial charge in [0.25, 0.3) is 0 Å². The lowest BCUT2D eigenvalue weighted by Gasteiger charge is -2.25. The standard InChI is InChI=1S/C22H24P2S6/c25-23(21-11-3-4-12-21)27-15-7-8-16-28-24(26,22-13-5-6-14-22)30-18-20-10-2-1-9-19(20)17-29-23/h1-6,9-14H,7-8,15-18H2/t23-,24-/m0/s1. The van der Waals surface area contributed by atoms with Crippen LogP contribution in [0.3, 0.4) is 0 Å². The van der Waals surface area contributed by atoms with E-state index in [9.17, 15) is 0 Å². The first-order valence-electron chi connectivity index (χ1n) is 9.89. The minimum Gasteiger partial charge on any atom is -0.110 e. The van der Waals surface area contributed by atoms with Gasteiger partial charge >= 0.3 is 0 Å². The lowest BCUT2D eigenvalue weighted by atomic mass is 10.1. The maximum Gasteiger partial charge on any atom is 0.0850 e. The van der Waals surface area contributed by atoms with Crippen LogP contribution in [0.2, 0.25) is 0 Å². The summed E-state index contributed by atoms with van der Waals surface area (Å²) in [4.78, 5) is 0. The van der Waals surface area contributed by atoms with Crippen LogP contribution >= 0.6 is 54.4 Å². The molecule has 1 heterocycles. The summed E-state index contributed by atoms with van der Waals surface area (Å²) in [5.74, 6) is 4.26. The van der Waals surface area contributed by atoms with Crippen molar-refractivity contribution < 1.29 is 0 Å². The number of rotatable bonds is 2. The predicted octanol–water partition coefficient (Wildman–Crippen LogP) is 9.35. The SMILES string of the molecule is S=[P@@]1(C2=C[CH]C=C2)SCCCCS[P@@](=S)(C2=C[CH]C=C2)SCc2ccccc2CS1. The fraction of sp³-hybridized carbons (Fsp3) is 0.273. The van der Waals surface area contributed by atoms with Gasteiger partial charge in [-0.25, -0.2) is 0 Å². The number of benzene rings is 1. The molecular weight excluding hydrogens is 519 g/mol. The van der Waals surface area contributed by atoms with E-state index in [1.54, 1.807) is 0 Å². The number of hydrogen-bond acceptors (Lipinski definition) is 6. The van der Waals surface area contributed by atoms with E-state index in [0.717, 1.165) is 23.0 Å². The molecule has 2 aliphatic carbocycles. The van der Waals surface area contributed by atoms with Gasteiger partial charge < -0.3 is 0 Å². The van der Waals surface area contributed by atoms with Gasteiger partial charge in [0.1, 0.15) is 0 Å². The van der Waals surface area contributed by atoms with Crippen molar-refractivity contribution >= 4 is 78.0 Å². The molecule has 0 unspecified atom stereocenters. The first-order chi connectivity index (χ1) is 14.6. The van der Waals surface area contributed by atoms with Crippen molar-refractivity contribution in [3.63, 3.8) is 0 Å². The molecular formula is C22H24P2S6. The zero-order chi connectivity index (χ0) is 20.9. The van der Waals surface area contributed by atoms with Crippen molar-refractivity contribution in [2.45, 2.75) is 24.3 Å². The highest BCUT2D eigenvalue weighted by Crippen LogP contribution is 2.78. The first-order valence-corrected chi connectivity index (χ1v) is 21.9. The van der Waals surface area contributed by atoms with Gasteiger partial charge in [-0.15, -0.1) is 45.5 Å². The molecule has 4 rings (SSSR count). The summed E-state index contributed by atoms with van der Waals surface area (Å²) in [6, 6.07) is 8.88. The van der Waals surface area contributed by atoms with Crippen molar-refractivity contribution in [1.82, 2.24) is 0 Å². The molecule has 158 valence electrons. The molecule has 2 radical (unpaired) electrons. The van der Waals surface area contributed by atoms with E-state index in [-0.39, 0.29) is 0 Å². The fourth-order valence-corrected chi connectivity index (χ4v) is 21.8. The van der Waals surface area contributed by atoms with Crippen molar-refractivity contribution in [2.75, 3.05) is 11.5 Å². The highest BCUT2D eigenvalue weighted by molar-refractivity contribution is 9.02. The van der Waals surface area contributed by atoms with Gasteiger partial charge in [0.2, 0.25) is 0 Å². The van der Waals surface area contributed by atoms with E-state index in [4.69, 9.17) is 23.6 Å². The summed E-state index contributed by atoms with van der Waals surface area (Å²) in [5, 5.41) is 2.74. The third-order valence-corrected chi connectivity index (χ3v) is 27.3. The summed E-state index contributed by atoms with van der Waals surface area (Å²) in [6.07, 6.45) is 19.9. The van der Waals surface area contributed by atoms with E-state index >= 15 is 0 Å². The largest absolute Gasteiger partial charge is 0.110 e. The summed E-state index contributed by atoms with van der Waals surface area (Å²) >= 11 is 20.7. The normalized spacial score (nSPS) is 30.4. The molecule has 0 fully saturated rings. The molecule has 1 aromatic carbocycles. The Balaban J connectivity index is 1.59. The highest BCUT2D eigenvalue weighted by Gasteiger charge is 2.27. The Labute approximate surface area is 207 Å². The molecule has 3 aliphatic rings. The van der Waals surface area contributed by atoms with Crippen LogP contribution in [0.5, 0.6) is 0 Å².